The van der Waals surface area contributed by atoms with Crippen LogP contribution in [0.3, 0.4) is 0 Å². The molecule has 29 heavy (non-hydrogen) atoms. The minimum absolute atomic E-state index is 0.0143. The Kier molecular flexibility index (Phi) is 9.29. The molecule has 0 N–H and O–H groups in total. The second kappa shape index (κ2) is 11.7. The van der Waals surface area contributed by atoms with Crippen LogP contribution in [-0.4, -0.2) is 43.8 Å². The van der Waals surface area contributed by atoms with Crippen LogP contribution in [-0.2, 0) is 23.8 Å². The minimum atomic E-state index is -0.432. The van der Waals surface area contributed by atoms with E-state index in [1.165, 1.54) is 6.08 Å². The maximum atomic E-state index is 12.1. The molecule has 0 aliphatic carbocycles. The van der Waals surface area contributed by atoms with Gasteiger partial charge in [-0.2, -0.15) is 0 Å². The third kappa shape index (κ3) is 8.75. The molecular formula is C24H32O5. The lowest BCUT2D eigenvalue weighted by Crippen LogP contribution is -2.28. The molecule has 1 fully saturated rings. The van der Waals surface area contributed by atoms with Crippen molar-refractivity contribution in [3.63, 3.8) is 0 Å². The molecule has 5 nitrogen and oxygen atoms in total. The van der Waals surface area contributed by atoms with Crippen LogP contribution < -0.4 is 0 Å². The molecule has 0 radical (unpaired) electrons. The fourth-order valence-corrected chi connectivity index (χ4v) is 3.57. The molecule has 2 bridgehead atoms. The number of rotatable bonds is 2. The number of ketones is 1. The van der Waals surface area contributed by atoms with Gasteiger partial charge in [-0.25, -0.2) is 4.79 Å². The van der Waals surface area contributed by atoms with Crippen LogP contribution in [0.5, 0.6) is 0 Å². The number of esters is 1. The number of carbonyl (C=O) groups is 2. The molecule has 0 spiro atoms. The van der Waals surface area contributed by atoms with Crippen molar-refractivity contribution in [3.8, 4) is 0 Å². The Morgan fingerprint density at radius 3 is 2.69 bits per heavy atom. The number of hydrogen-bond acceptors (Lipinski definition) is 5. The zero-order valence-electron chi connectivity index (χ0n) is 17.7. The lowest BCUT2D eigenvalue weighted by atomic mass is 9.95. The number of fused-ring (bicyclic) bond motifs is 2. The Morgan fingerprint density at radius 2 is 1.93 bits per heavy atom. The molecule has 158 valence electrons. The van der Waals surface area contributed by atoms with E-state index >= 15 is 0 Å². The quantitative estimate of drug-likeness (QED) is 0.508. The van der Waals surface area contributed by atoms with E-state index in [0.29, 0.717) is 25.9 Å². The molecule has 5 heteroatoms. The number of ether oxygens (including phenoxy) is 3. The monoisotopic (exact) mass is 400 g/mol. The average Bonchev–Trinajstić information content (AvgIpc) is 2.60. The molecule has 1 saturated heterocycles. The fourth-order valence-electron chi connectivity index (χ4n) is 3.57. The van der Waals surface area contributed by atoms with Crippen LogP contribution in [0.15, 0.2) is 59.8 Å². The lowest BCUT2D eigenvalue weighted by Gasteiger charge is -2.30. The van der Waals surface area contributed by atoms with Gasteiger partial charge in [0.05, 0.1) is 18.8 Å². The molecule has 2 aliphatic heterocycles. The summed E-state index contributed by atoms with van der Waals surface area (Å²) in [5, 5.41) is 0. The van der Waals surface area contributed by atoms with Crippen LogP contribution in [0.4, 0.5) is 0 Å². The van der Waals surface area contributed by atoms with Crippen molar-refractivity contribution in [1.82, 2.24) is 0 Å². The van der Waals surface area contributed by atoms with E-state index in [1.807, 2.05) is 19.9 Å². The van der Waals surface area contributed by atoms with Crippen LogP contribution in [0, 0.1) is 0 Å². The van der Waals surface area contributed by atoms with Gasteiger partial charge in [0.1, 0.15) is 6.10 Å². The van der Waals surface area contributed by atoms with Gasteiger partial charge >= 0.3 is 5.97 Å². The Balaban J connectivity index is 2.22. The van der Waals surface area contributed by atoms with Gasteiger partial charge in [-0.1, -0.05) is 47.6 Å². The minimum Gasteiger partial charge on any atom is -0.456 e. The van der Waals surface area contributed by atoms with E-state index in [2.05, 4.69) is 12.7 Å². The standard InChI is InChI=1S/C24H32O5/c1-17-7-5-10-24(26)29-23(16-27-4)15-19(3)14-22-13-18(2)12-21(28-22)9-6-8-20(25)11-17/h5-8,10,14,21-23H,2,9,11-13,15-16H2,1,3-4H3/b8-6+,10-5+,17-7-,19-14+/t21-,22-,23-/m0/s1. The van der Waals surface area contributed by atoms with E-state index in [1.54, 1.807) is 25.3 Å². The largest absolute Gasteiger partial charge is 0.456 e. The van der Waals surface area contributed by atoms with Crippen molar-refractivity contribution in [3.05, 3.63) is 59.8 Å². The summed E-state index contributed by atoms with van der Waals surface area (Å²) in [5.74, 6) is -0.406. The topological polar surface area (TPSA) is 61.8 Å². The predicted octanol–water partition coefficient (Wildman–Crippen LogP) is 4.41. The first-order valence-electron chi connectivity index (χ1n) is 10.1. The summed E-state index contributed by atoms with van der Waals surface area (Å²) in [5.41, 5.74) is 3.09. The Morgan fingerprint density at radius 1 is 1.14 bits per heavy atom. The van der Waals surface area contributed by atoms with Gasteiger partial charge in [0.15, 0.2) is 5.78 Å². The van der Waals surface area contributed by atoms with E-state index in [-0.39, 0.29) is 24.1 Å². The summed E-state index contributed by atoms with van der Waals surface area (Å²) in [7, 11) is 1.59. The van der Waals surface area contributed by atoms with E-state index in [0.717, 1.165) is 29.6 Å². The number of methoxy groups -OCH3 is 1. The normalized spacial score (nSPS) is 33.3. The molecule has 0 saturated carbocycles. The lowest BCUT2D eigenvalue weighted by molar-refractivity contribution is -0.145. The first kappa shape index (κ1) is 23.0. The first-order valence-corrected chi connectivity index (χ1v) is 10.1. The summed E-state index contributed by atoms with van der Waals surface area (Å²) in [6, 6.07) is 0. The maximum absolute atomic E-state index is 12.1. The smallest absolute Gasteiger partial charge is 0.331 e. The van der Waals surface area contributed by atoms with Crippen molar-refractivity contribution < 1.29 is 23.8 Å². The van der Waals surface area contributed by atoms with Gasteiger partial charge < -0.3 is 14.2 Å². The van der Waals surface area contributed by atoms with Crippen molar-refractivity contribution >= 4 is 11.8 Å². The number of carbonyl (C=O) groups excluding carboxylic acids is 2. The van der Waals surface area contributed by atoms with E-state index < -0.39 is 5.97 Å². The van der Waals surface area contributed by atoms with Crippen LogP contribution in [0.25, 0.3) is 0 Å². The van der Waals surface area contributed by atoms with Gasteiger partial charge in [0.2, 0.25) is 0 Å². The first-order chi connectivity index (χ1) is 13.9. The molecule has 0 aromatic rings. The van der Waals surface area contributed by atoms with Crippen LogP contribution >= 0.6 is 0 Å². The van der Waals surface area contributed by atoms with Crippen LogP contribution in [0.1, 0.15) is 46.0 Å². The summed E-state index contributed by atoms with van der Waals surface area (Å²) in [4.78, 5) is 24.2. The third-order valence-corrected chi connectivity index (χ3v) is 4.80. The molecular weight excluding hydrogens is 368 g/mol. The zero-order valence-corrected chi connectivity index (χ0v) is 17.7. The Bertz CT molecular complexity index is 726. The highest BCUT2D eigenvalue weighted by Crippen LogP contribution is 2.27. The zero-order chi connectivity index (χ0) is 21.2. The van der Waals surface area contributed by atoms with Gasteiger partial charge in [0, 0.05) is 26.0 Å². The number of allylic oxidation sites excluding steroid dienone is 4. The van der Waals surface area contributed by atoms with Crippen molar-refractivity contribution in [1.29, 1.82) is 0 Å². The van der Waals surface area contributed by atoms with Crippen molar-refractivity contribution in [2.24, 2.45) is 0 Å². The summed E-state index contributed by atoms with van der Waals surface area (Å²) in [6.07, 6.45) is 13.0. The maximum Gasteiger partial charge on any atom is 0.331 e. The molecule has 3 atom stereocenters. The molecule has 0 aromatic carbocycles. The molecule has 2 heterocycles. The van der Waals surface area contributed by atoms with Gasteiger partial charge in [-0.15, -0.1) is 0 Å². The van der Waals surface area contributed by atoms with Crippen LogP contribution in [0.2, 0.25) is 0 Å². The number of hydrogen-bond donors (Lipinski definition) is 0. The highest BCUT2D eigenvalue weighted by molar-refractivity contribution is 5.91. The molecule has 0 amide bonds. The summed E-state index contributed by atoms with van der Waals surface area (Å²) in [6.45, 7) is 8.33. The highest BCUT2D eigenvalue weighted by atomic mass is 16.6. The average molecular weight is 401 g/mol. The molecule has 2 aliphatic rings. The molecule has 0 aromatic heterocycles. The fraction of sp³-hybridized carbons (Fsp3) is 0.500. The molecule has 2 rings (SSSR count). The Labute approximate surface area is 173 Å². The second-order valence-electron chi connectivity index (χ2n) is 7.84. The SMILES string of the molecule is C=C1C[C@@H]2C/C=C/C(=O)C/C(C)=C\C=C\C(=O)O[C@H](COC)C/C(C)=C/[C@H](C1)O2. The summed E-state index contributed by atoms with van der Waals surface area (Å²) < 4.78 is 16.9. The predicted molar refractivity (Wildman–Crippen MR) is 113 cm³/mol. The third-order valence-electron chi connectivity index (χ3n) is 4.80. The Hall–Kier alpha value is -2.24. The molecule has 0 unspecified atom stereocenters. The second-order valence-corrected chi connectivity index (χ2v) is 7.84. The van der Waals surface area contributed by atoms with Gasteiger partial charge in [-0.3, -0.25) is 4.79 Å². The number of cyclic esters (lactones) is 1. The van der Waals surface area contributed by atoms with Gasteiger partial charge in [0.25, 0.3) is 0 Å². The summed E-state index contributed by atoms with van der Waals surface area (Å²) >= 11 is 0. The van der Waals surface area contributed by atoms with Crippen molar-refractivity contribution in [2.45, 2.75) is 64.3 Å². The van der Waals surface area contributed by atoms with Gasteiger partial charge in [-0.05, 0) is 39.2 Å². The van der Waals surface area contributed by atoms with E-state index in [4.69, 9.17) is 14.2 Å². The van der Waals surface area contributed by atoms with Crippen molar-refractivity contribution in [2.75, 3.05) is 13.7 Å². The van der Waals surface area contributed by atoms with E-state index in [9.17, 15) is 9.59 Å². The highest BCUT2D eigenvalue weighted by Gasteiger charge is 2.23.